The van der Waals surface area contributed by atoms with Crippen LogP contribution < -0.4 is 15.5 Å². The molecule has 1 aliphatic heterocycles. The topological polar surface area (TPSA) is 83.0 Å². The number of pyridine rings is 1. The lowest BCUT2D eigenvalue weighted by Gasteiger charge is -2.33. The average Bonchev–Trinajstić information content (AvgIpc) is 2.81. The van der Waals surface area contributed by atoms with E-state index in [1.807, 2.05) is 18.2 Å². The number of aryl methyl sites for hydroxylation is 1. The maximum atomic E-state index is 13.0. The minimum atomic E-state index is -0.332. The quantitative estimate of drug-likeness (QED) is 0.651. The molecular formula is C23H25FN6O. The third-order valence-electron chi connectivity index (χ3n) is 5.32. The van der Waals surface area contributed by atoms with Gasteiger partial charge in [-0.15, -0.1) is 0 Å². The molecule has 1 aliphatic rings. The predicted molar refractivity (Wildman–Crippen MR) is 118 cm³/mol. The summed E-state index contributed by atoms with van der Waals surface area (Å²) in [5.74, 6) is 1.28. The molecule has 1 saturated heterocycles. The van der Waals surface area contributed by atoms with Gasteiger partial charge in [0.25, 0.3) is 0 Å². The van der Waals surface area contributed by atoms with E-state index in [2.05, 4.69) is 32.4 Å². The van der Waals surface area contributed by atoms with E-state index in [1.165, 1.54) is 12.1 Å². The normalized spacial score (nSPS) is 14.3. The Labute approximate surface area is 180 Å². The van der Waals surface area contributed by atoms with Crippen LogP contribution in [0.3, 0.4) is 0 Å². The predicted octanol–water partition coefficient (Wildman–Crippen LogP) is 4.03. The lowest BCUT2D eigenvalue weighted by molar-refractivity contribution is 0.246. The maximum absolute atomic E-state index is 13.0. The van der Waals surface area contributed by atoms with Crippen LogP contribution in [0.15, 0.2) is 54.9 Å². The van der Waals surface area contributed by atoms with Crippen molar-refractivity contribution in [1.82, 2.24) is 20.3 Å². The van der Waals surface area contributed by atoms with E-state index in [4.69, 9.17) is 4.98 Å². The van der Waals surface area contributed by atoms with Gasteiger partial charge in [-0.3, -0.25) is 4.98 Å². The Bertz CT molecular complexity index is 1020. The van der Waals surface area contributed by atoms with Crippen molar-refractivity contribution in [1.29, 1.82) is 0 Å². The molecule has 0 aliphatic carbocycles. The number of hydrogen-bond acceptors (Lipinski definition) is 5. The van der Waals surface area contributed by atoms with E-state index in [-0.39, 0.29) is 17.9 Å². The first-order chi connectivity index (χ1) is 15.1. The lowest BCUT2D eigenvalue weighted by Crippen LogP contribution is -2.46. The van der Waals surface area contributed by atoms with E-state index in [9.17, 15) is 9.18 Å². The number of piperidine rings is 1. The second-order valence-corrected chi connectivity index (χ2v) is 7.50. The number of benzene rings is 1. The molecule has 0 radical (unpaired) electrons. The third kappa shape index (κ3) is 5.33. The highest BCUT2D eigenvalue weighted by molar-refractivity contribution is 5.89. The molecule has 0 bridgehead atoms. The van der Waals surface area contributed by atoms with Crippen molar-refractivity contribution in [3.63, 3.8) is 0 Å². The summed E-state index contributed by atoms with van der Waals surface area (Å²) in [5, 5.41) is 5.75. The SMILES string of the molecule is CCc1cc(N2CCC(NC(=O)Nc3ccc(F)cc3)CC2)nc(-c2ccncc2)n1. The van der Waals surface area contributed by atoms with E-state index in [0.717, 1.165) is 49.4 Å². The van der Waals surface area contributed by atoms with Crippen LogP contribution in [0.25, 0.3) is 11.4 Å². The summed E-state index contributed by atoms with van der Waals surface area (Å²) in [6.45, 7) is 3.66. The molecule has 0 unspecified atom stereocenters. The van der Waals surface area contributed by atoms with E-state index in [0.29, 0.717) is 11.5 Å². The summed E-state index contributed by atoms with van der Waals surface area (Å²) in [7, 11) is 0. The van der Waals surface area contributed by atoms with Gasteiger partial charge in [-0.05, 0) is 55.7 Å². The molecule has 0 saturated carbocycles. The van der Waals surface area contributed by atoms with E-state index in [1.54, 1.807) is 24.5 Å². The molecule has 7 nitrogen and oxygen atoms in total. The van der Waals surface area contributed by atoms with Crippen LogP contribution in [-0.2, 0) is 6.42 Å². The van der Waals surface area contributed by atoms with Gasteiger partial charge < -0.3 is 15.5 Å². The highest BCUT2D eigenvalue weighted by atomic mass is 19.1. The van der Waals surface area contributed by atoms with Gasteiger partial charge in [0, 0.05) is 54.5 Å². The van der Waals surface area contributed by atoms with Gasteiger partial charge >= 0.3 is 6.03 Å². The zero-order valence-electron chi connectivity index (χ0n) is 17.4. The summed E-state index contributed by atoms with van der Waals surface area (Å²) in [6, 6.07) is 11.4. The van der Waals surface area contributed by atoms with Gasteiger partial charge in [-0.25, -0.2) is 19.2 Å². The van der Waals surface area contributed by atoms with Crippen molar-refractivity contribution < 1.29 is 9.18 Å². The van der Waals surface area contributed by atoms with Crippen LogP contribution in [0.1, 0.15) is 25.5 Å². The Morgan fingerprint density at radius 1 is 1.10 bits per heavy atom. The molecule has 2 amide bonds. The van der Waals surface area contributed by atoms with Gasteiger partial charge in [0.15, 0.2) is 5.82 Å². The zero-order valence-corrected chi connectivity index (χ0v) is 17.4. The first kappa shape index (κ1) is 20.7. The van der Waals surface area contributed by atoms with Crippen LogP contribution in [0.2, 0.25) is 0 Å². The number of carbonyl (C=O) groups excluding carboxylic acids is 1. The Hall–Kier alpha value is -3.55. The second kappa shape index (κ2) is 9.51. The minimum Gasteiger partial charge on any atom is -0.356 e. The molecule has 3 heterocycles. The monoisotopic (exact) mass is 420 g/mol. The van der Waals surface area contributed by atoms with E-state index >= 15 is 0 Å². The first-order valence-corrected chi connectivity index (χ1v) is 10.5. The summed E-state index contributed by atoms with van der Waals surface area (Å²) < 4.78 is 13.0. The fourth-order valence-corrected chi connectivity index (χ4v) is 3.60. The molecule has 4 rings (SSSR count). The standard InChI is InChI=1S/C23H25FN6O/c1-2-18-15-21(29-22(26-18)16-7-11-25-12-8-16)30-13-9-20(10-14-30)28-23(31)27-19-5-3-17(24)4-6-19/h3-8,11-12,15,20H,2,9-10,13-14H2,1H3,(H2,27,28,31). The van der Waals surface area contributed by atoms with Gasteiger partial charge in [0.1, 0.15) is 11.6 Å². The highest BCUT2D eigenvalue weighted by Gasteiger charge is 2.22. The van der Waals surface area contributed by atoms with Crippen LogP contribution >= 0.6 is 0 Å². The average molecular weight is 420 g/mol. The van der Waals surface area contributed by atoms with Gasteiger partial charge in [0.2, 0.25) is 0 Å². The summed E-state index contributed by atoms with van der Waals surface area (Å²) in [6.07, 6.45) is 5.94. The van der Waals surface area contributed by atoms with Crippen molar-refractivity contribution in [2.45, 2.75) is 32.2 Å². The fraction of sp³-hybridized carbons (Fsp3) is 0.304. The maximum Gasteiger partial charge on any atom is 0.319 e. The molecule has 8 heteroatoms. The van der Waals surface area contributed by atoms with Gasteiger partial charge in [-0.1, -0.05) is 6.92 Å². The molecule has 31 heavy (non-hydrogen) atoms. The molecule has 2 N–H and O–H groups in total. The van der Waals surface area contributed by atoms with Crippen molar-refractivity contribution in [2.75, 3.05) is 23.3 Å². The summed E-state index contributed by atoms with van der Waals surface area (Å²) >= 11 is 0. The van der Waals surface area contributed by atoms with Crippen molar-refractivity contribution in [2.24, 2.45) is 0 Å². The molecule has 0 atom stereocenters. The van der Waals surface area contributed by atoms with Crippen molar-refractivity contribution in [3.8, 4) is 11.4 Å². The molecule has 3 aromatic rings. The summed E-state index contributed by atoms with van der Waals surface area (Å²) in [5.41, 5.74) is 2.50. The summed E-state index contributed by atoms with van der Waals surface area (Å²) in [4.78, 5) is 28.0. The number of nitrogens with one attached hydrogen (secondary N) is 2. The number of anilines is 2. The first-order valence-electron chi connectivity index (χ1n) is 10.5. The van der Waals surface area contributed by atoms with E-state index < -0.39 is 0 Å². The second-order valence-electron chi connectivity index (χ2n) is 7.50. The molecule has 2 aromatic heterocycles. The molecule has 1 aromatic carbocycles. The lowest BCUT2D eigenvalue weighted by atomic mass is 10.1. The largest absolute Gasteiger partial charge is 0.356 e. The number of halogens is 1. The Morgan fingerprint density at radius 2 is 1.81 bits per heavy atom. The van der Waals surface area contributed by atoms with Gasteiger partial charge in [0.05, 0.1) is 0 Å². The Balaban J connectivity index is 1.37. The van der Waals surface area contributed by atoms with Crippen LogP contribution in [0, 0.1) is 5.82 Å². The number of aromatic nitrogens is 3. The molecular weight excluding hydrogens is 395 g/mol. The molecule has 1 fully saturated rings. The van der Waals surface area contributed by atoms with Crippen LogP contribution in [0.5, 0.6) is 0 Å². The van der Waals surface area contributed by atoms with Crippen LogP contribution in [0.4, 0.5) is 20.7 Å². The number of carbonyl (C=O) groups is 1. The number of nitrogens with zero attached hydrogens (tertiary/aromatic N) is 4. The number of amides is 2. The Kier molecular flexibility index (Phi) is 6.35. The molecule has 0 spiro atoms. The smallest absolute Gasteiger partial charge is 0.319 e. The van der Waals surface area contributed by atoms with Crippen molar-refractivity contribution >= 4 is 17.5 Å². The van der Waals surface area contributed by atoms with Crippen LogP contribution in [-0.4, -0.2) is 40.1 Å². The number of hydrogen-bond donors (Lipinski definition) is 2. The van der Waals surface area contributed by atoms with Crippen molar-refractivity contribution in [3.05, 3.63) is 66.4 Å². The number of rotatable bonds is 5. The highest BCUT2D eigenvalue weighted by Crippen LogP contribution is 2.23. The van der Waals surface area contributed by atoms with Gasteiger partial charge in [-0.2, -0.15) is 0 Å². The Morgan fingerprint density at radius 3 is 2.48 bits per heavy atom. The number of urea groups is 1. The third-order valence-corrected chi connectivity index (χ3v) is 5.32. The minimum absolute atomic E-state index is 0.0730. The zero-order chi connectivity index (χ0) is 21.6. The fourth-order valence-electron chi connectivity index (χ4n) is 3.60. The molecule has 160 valence electrons.